The first-order valence-corrected chi connectivity index (χ1v) is 7.94. The van der Waals surface area contributed by atoms with Crippen LogP contribution in [0.2, 0.25) is 0 Å². The lowest BCUT2D eigenvalue weighted by Crippen LogP contribution is -2.18. The van der Waals surface area contributed by atoms with Crippen LogP contribution in [0.4, 0.5) is 5.69 Å². The lowest BCUT2D eigenvalue weighted by molar-refractivity contribution is 0.102. The van der Waals surface area contributed by atoms with Crippen LogP contribution in [0.25, 0.3) is 11.0 Å². The predicted molar refractivity (Wildman–Crippen MR) is 97.2 cm³/mol. The minimum atomic E-state index is -0.795. The minimum Gasteiger partial charge on any atom is -0.505 e. The van der Waals surface area contributed by atoms with Gasteiger partial charge in [0.05, 0.1) is 5.39 Å². The average molecular weight is 337 g/mol. The zero-order chi connectivity index (χ0) is 18.2. The summed E-state index contributed by atoms with van der Waals surface area (Å²) in [6.45, 7) is 6.25. The van der Waals surface area contributed by atoms with Crippen molar-refractivity contribution >= 4 is 22.6 Å². The van der Waals surface area contributed by atoms with E-state index in [4.69, 9.17) is 4.42 Å². The van der Waals surface area contributed by atoms with Crippen LogP contribution in [0.1, 0.15) is 36.7 Å². The largest absolute Gasteiger partial charge is 0.505 e. The fraction of sp³-hybridized carbons (Fsp3) is 0.200. The summed E-state index contributed by atoms with van der Waals surface area (Å²) in [5.74, 6) is -0.787. The number of aromatic hydroxyl groups is 1. The topological polar surface area (TPSA) is 79.5 Å². The molecule has 3 aromatic rings. The highest BCUT2D eigenvalue weighted by Gasteiger charge is 2.18. The van der Waals surface area contributed by atoms with Crippen LogP contribution in [0.3, 0.4) is 0 Å². The van der Waals surface area contributed by atoms with E-state index in [1.165, 1.54) is 0 Å². The molecule has 0 fully saturated rings. The Hall–Kier alpha value is -3.08. The second-order valence-electron chi connectivity index (χ2n) is 6.89. The molecule has 0 aliphatic rings. The van der Waals surface area contributed by atoms with Gasteiger partial charge in [0.2, 0.25) is 0 Å². The van der Waals surface area contributed by atoms with Gasteiger partial charge in [0.1, 0.15) is 5.58 Å². The van der Waals surface area contributed by atoms with Crippen LogP contribution in [-0.2, 0) is 5.41 Å². The average Bonchev–Trinajstić information content (AvgIpc) is 2.58. The molecule has 0 saturated carbocycles. The van der Waals surface area contributed by atoms with Crippen LogP contribution in [0.15, 0.2) is 57.7 Å². The smallest absolute Gasteiger partial charge is 0.364 e. The van der Waals surface area contributed by atoms with E-state index in [-0.39, 0.29) is 22.4 Å². The summed E-state index contributed by atoms with van der Waals surface area (Å²) in [6.07, 6.45) is 0. The van der Waals surface area contributed by atoms with Gasteiger partial charge in [-0.05, 0) is 35.2 Å². The predicted octanol–water partition coefficient (Wildman–Crippen LogP) is 4.05. The van der Waals surface area contributed by atoms with Crippen LogP contribution in [-0.4, -0.2) is 11.0 Å². The number of carbonyl (C=O) groups is 1. The molecule has 0 spiro atoms. The highest BCUT2D eigenvalue weighted by Crippen LogP contribution is 2.29. The molecule has 2 aromatic carbocycles. The maximum atomic E-state index is 12.4. The monoisotopic (exact) mass is 337 g/mol. The van der Waals surface area contributed by atoms with Crippen molar-refractivity contribution in [3.63, 3.8) is 0 Å². The summed E-state index contributed by atoms with van der Waals surface area (Å²) >= 11 is 0. The lowest BCUT2D eigenvalue weighted by Gasteiger charge is -2.19. The van der Waals surface area contributed by atoms with Gasteiger partial charge in [-0.15, -0.1) is 0 Å². The Morgan fingerprint density at radius 3 is 2.32 bits per heavy atom. The van der Waals surface area contributed by atoms with Gasteiger partial charge < -0.3 is 14.8 Å². The van der Waals surface area contributed by atoms with Crippen LogP contribution < -0.4 is 10.9 Å². The van der Waals surface area contributed by atoms with Gasteiger partial charge in [-0.25, -0.2) is 4.79 Å². The van der Waals surface area contributed by atoms with E-state index < -0.39 is 11.5 Å². The molecule has 5 nitrogen and oxygen atoms in total. The van der Waals surface area contributed by atoms with E-state index in [0.29, 0.717) is 10.9 Å². The second-order valence-corrected chi connectivity index (χ2v) is 6.89. The maximum Gasteiger partial charge on any atom is 0.364 e. The van der Waals surface area contributed by atoms with Crippen molar-refractivity contribution in [3.8, 4) is 5.75 Å². The van der Waals surface area contributed by atoms with Gasteiger partial charge in [-0.3, -0.25) is 4.79 Å². The summed E-state index contributed by atoms with van der Waals surface area (Å²) in [5, 5.41) is 13.1. The van der Waals surface area contributed by atoms with Crippen molar-refractivity contribution in [2.75, 3.05) is 5.32 Å². The van der Waals surface area contributed by atoms with E-state index in [2.05, 4.69) is 26.1 Å². The van der Waals surface area contributed by atoms with E-state index in [9.17, 15) is 14.7 Å². The van der Waals surface area contributed by atoms with E-state index >= 15 is 0 Å². The number of fused-ring (bicyclic) bond motifs is 1. The molecule has 2 N–H and O–H groups in total. The summed E-state index contributed by atoms with van der Waals surface area (Å²) in [7, 11) is 0. The third-order valence-corrected chi connectivity index (χ3v) is 4.04. The minimum absolute atomic E-state index is 0.0211. The SMILES string of the molecule is CC(C)(C)c1ccc(C(=O)Nc2c(O)c3ccccc3oc2=O)cc1. The molecule has 3 rings (SSSR count). The van der Waals surface area contributed by atoms with E-state index in [0.717, 1.165) is 5.56 Å². The van der Waals surface area contributed by atoms with E-state index in [1.807, 2.05) is 12.1 Å². The molecule has 1 heterocycles. The lowest BCUT2D eigenvalue weighted by atomic mass is 9.87. The van der Waals surface area contributed by atoms with Gasteiger partial charge >= 0.3 is 5.63 Å². The summed E-state index contributed by atoms with van der Waals surface area (Å²) in [5.41, 5.74) is 0.668. The first kappa shape index (κ1) is 16.8. The van der Waals surface area contributed by atoms with E-state index in [1.54, 1.807) is 36.4 Å². The molecule has 0 radical (unpaired) electrons. The van der Waals surface area contributed by atoms with Gasteiger partial charge in [-0.1, -0.05) is 45.0 Å². The Labute approximate surface area is 144 Å². The zero-order valence-corrected chi connectivity index (χ0v) is 14.3. The molecular formula is C20H19NO4. The normalized spacial score (nSPS) is 11.5. The molecule has 0 unspecified atom stereocenters. The van der Waals surface area contributed by atoms with Gasteiger partial charge in [0, 0.05) is 5.56 Å². The highest BCUT2D eigenvalue weighted by atomic mass is 16.4. The highest BCUT2D eigenvalue weighted by molar-refractivity contribution is 6.06. The molecule has 0 aliphatic carbocycles. The first-order chi connectivity index (χ1) is 11.8. The van der Waals surface area contributed by atoms with Crippen molar-refractivity contribution in [2.24, 2.45) is 0 Å². The number of para-hydroxylation sites is 1. The molecule has 128 valence electrons. The van der Waals surface area contributed by atoms with Crippen LogP contribution in [0.5, 0.6) is 5.75 Å². The second kappa shape index (κ2) is 6.09. The number of benzene rings is 2. The Morgan fingerprint density at radius 1 is 1.04 bits per heavy atom. The third kappa shape index (κ3) is 3.26. The van der Waals surface area contributed by atoms with Crippen molar-refractivity contribution < 1.29 is 14.3 Å². The molecule has 5 heteroatoms. The molecular weight excluding hydrogens is 318 g/mol. The number of nitrogens with one attached hydrogen (secondary N) is 1. The maximum absolute atomic E-state index is 12.4. The number of hydrogen-bond acceptors (Lipinski definition) is 4. The van der Waals surface area contributed by atoms with Gasteiger partial charge in [0.15, 0.2) is 11.4 Å². The summed E-state index contributed by atoms with van der Waals surface area (Å²) < 4.78 is 5.14. The quantitative estimate of drug-likeness (QED) is 0.692. The first-order valence-electron chi connectivity index (χ1n) is 7.94. The number of amides is 1. The summed E-state index contributed by atoms with van der Waals surface area (Å²) in [4.78, 5) is 24.5. The molecule has 25 heavy (non-hydrogen) atoms. The van der Waals surface area contributed by atoms with Crippen molar-refractivity contribution in [3.05, 3.63) is 70.1 Å². The standard InChI is InChI=1S/C20H19NO4/c1-20(2,3)13-10-8-12(9-11-13)18(23)21-16-17(22)14-6-4-5-7-15(14)25-19(16)24/h4-11,22H,1-3H3,(H,21,23). The summed E-state index contributed by atoms with van der Waals surface area (Å²) in [6, 6.07) is 13.7. The molecule has 0 saturated heterocycles. The molecule has 0 bridgehead atoms. The fourth-order valence-corrected chi connectivity index (χ4v) is 2.55. The third-order valence-electron chi connectivity index (χ3n) is 4.04. The molecule has 1 aromatic heterocycles. The van der Waals surface area contributed by atoms with Crippen molar-refractivity contribution in [1.29, 1.82) is 0 Å². The fourth-order valence-electron chi connectivity index (χ4n) is 2.55. The van der Waals surface area contributed by atoms with Crippen molar-refractivity contribution in [2.45, 2.75) is 26.2 Å². The molecule has 0 atom stereocenters. The number of hydrogen-bond donors (Lipinski definition) is 2. The number of anilines is 1. The van der Waals surface area contributed by atoms with Crippen LogP contribution >= 0.6 is 0 Å². The zero-order valence-electron chi connectivity index (χ0n) is 14.3. The molecule has 1 amide bonds. The Kier molecular flexibility index (Phi) is 4.08. The Bertz CT molecular complexity index is 995. The van der Waals surface area contributed by atoms with Gasteiger partial charge in [-0.2, -0.15) is 0 Å². The Balaban J connectivity index is 1.93. The van der Waals surface area contributed by atoms with Crippen LogP contribution in [0, 0.1) is 0 Å². The van der Waals surface area contributed by atoms with Gasteiger partial charge in [0.25, 0.3) is 5.91 Å². The van der Waals surface area contributed by atoms with Crippen molar-refractivity contribution in [1.82, 2.24) is 0 Å². The number of rotatable bonds is 2. The Morgan fingerprint density at radius 2 is 1.68 bits per heavy atom. The number of carbonyl (C=O) groups excluding carboxylic acids is 1. The molecule has 0 aliphatic heterocycles.